The van der Waals surface area contributed by atoms with Crippen LogP contribution in [0.15, 0.2) is 64.2 Å². The predicted molar refractivity (Wildman–Crippen MR) is 136 cm³/mol. The molecule has 0 aliphatic heterocycles. The van der Waals surface area contributed by atoms with Gasteiger partial charge in [0.25, 0.3) is 0 Å². The summed E-state index contributed by atoms with van der Waals surface area (Å²) in [6.07, 6.45) is 1.57. The van der Waals surface area contributed by atoms with Gasteiger partial charge in [0.2, 0.25) is 5.91 Å². The molecule has 0 aliphatic carbocycles. The fourth-order valence-corrected chi connectivity index (χ4v) is 3.69. The van der Waals surface area contributed by atoms with Crippen molar-refractivity contribution in [2.45, 2.75) is 13.3 Å². The number of benzene rings is 3. The lowest BCUT2D eigenvalue weighted by atomic mass is 10.1. The van der Waals surface area contributed by atoms with Gasteiger partial charge in [0.1, 0.15) is 0 Å². The number of nitrogens with zero attached hydrogens (tertiary/aromatic N) is 1. The number of esters is 1. The highest BCUT2D eigenvalue weighted by Gasteiger charge is 2.17. The van der Waals surface area contributed by atoms with Crippen LogP contribution in [0.3, 0.4) is 0 Å². The standard InChI is InChI=1S/C26H25BrN2O6/c1-16-5-8-19(9-6-16)26(31)35-25-20(27)11-18(13-23(25)34-4)15-28-29-24(30)14-17-7-10-21(32-2)22(12-17)33-3/h5-13,15H,14H2,1-4H3,(H,29,30)/b28-15-. The van der Waals surface area contributed by atoms with Crippen molar-refractivity contribution in [2.24, 2.45) is 5.10 Å². The van der Waals surface area contributed by atoms with Crippen LogP contribution < -0.4 is 24.4 Å². The van der Waals surface area contributed by atoms with E-state index in [2.05, 4.69) is 26.5 Å². The van der Waals surface area contributed by atoms with Gasteiger partial charge in [0, 0.05) is 0 Å². The lowest BCUT2D eigenvalue weighted by Gasteiger charge is -2.12. The molecule has 0 saturated heterocycles. The van der Waals surface area contributed by atoms with Gasteiger partial charge in [-0.05, 0) is 70.4 Å². The summed E-state index contributed by atoms with van der Waals surface area (Å²) in [6, 6.07) is 15.7. The van der Waals surface area contributed by atoms with Crippen LogP contribution in [-0.4, -0.2) is 39.4 Å². The smallest absolute Gasteiger partial charge is 0.343 e. The largest absolute Gasteiger partial charge is 0.493 e. The van der Waals surface area contributed by atoms with E-state index >= 15 is 0 Å². The van der Waals surface area contributed by atoms with Crippen LogP contribution in [0.25, 0.3) is 0 Å². The summed E-state index contributed by atoms with van der Waals surface area (Å²) in [5, 5.41) is 4.01. The van der Waals surface area contributed by atoms with Crippen LogP contribution in [0, 0.1) is 6.92 Å². The molecule has 0 atom stereocenters. The summed E-state index contributed by atoms with van der Waals surface area (Å²) in [7, 11) is 4.55. The maximum Gasteiger partial charge on any atom is 0.343 e. The molecule has 0 radical (unpaired) electrons. The van der Waals surface area contributed by atoms with Crippen LogP contribution in [0.4, 0.5) is 0 Å². The number of aryl methyl sites for hydroxylation is 1. The number of halogens is 1. The summed E-state index contributed by atoms with van der Waals surface area (Å²) in [6.45, 7) is 1.94. The molecule has 0 fully saturated rings. The Morgan fingerprint density at radius 2 is 1.60 bits per heavy atom. The number of nitrogens with one attached hydrogen (secondary N) is 1. The molecule has 3 rings (SSSR count). The van der Waals surface area contributed by atoms with Crippen molar-refractivity contribution in [3.05, 3.63) is 81.3 Å². The second kappa shape index (κ2) is 12.0. The second-order valence-corrected chi connectivity index (χ2v) is 8.30. The monoisotopic (exact) mass is 540 g/mol. The van der Waals surface area contributed by atoms with Crippen LogP contribution in [-0.2, 0) is 11.2 Å². The number of carbonyl (C=O) groups is 2. The number of methoxy groups -OCH3 is 3. The van der Waals surface area contributed by atoms with E-state index < -0.39 is 5.97 Å². The average Bonchev–Trinajstić information content (AvgIpc) is 2.85. The minimum atomic E-state index is -0.507. The van der Waals surface area contributed by atoms with Crippen molar-refractivity contribution in [2.75, 3.05) is 21.3 Å². The molecule has 0 saturated carbocycles. The lowest BCUT2D eigenvalue weighted by Crippen LogP contribution is -2.19. The first-order valence-electron chi connectivity index (χ1n) is 10.5. The molecule has 1 N–H and O–H groups in total. The van der Waals surface area contributed by atoms with Crippen molar-refractivity contribution < 1.29 is 28.5 Å². The molecule has 0 spiro atoms. The van der Waals surface area contributed by atoms with E-state index in [1.54, 1.807) is 49.6 Å². The number of amides is 1. The summed E-state index contributed by atoms with van der Waals surface area (Å²) >= 11 is 3.41. The van der Waals surface area contributed by atoms with Crippen LogP contribution >= 0.6 is 15.9 Å². The summed E-state index contributed by atoms with van der Waals surface area (Å²) in [4.78, 5) is 24.8. The molecule has 182 valence electrons. The van der Waals surface area contributed by atoms with Crippen LogP contribution in [0.5, 0.6) is 23.0 Å². The highest BCUT2D eigenvalue weighted by atomic mass is 79.9. The number of carbonyl (C=O) groups excluding carboxylic acids is 2. The molecule has 3 aromatic carbocycles. The van der Waals surface area contributed by atoms with Gasteiger partial charge in [-0.3, -0.25) is 4.79 Å². The third kappa shape index (κ3) is 6.83. The van der Waals surface area contributed by atoms with Crippen molar-refractivity contribution >= 4 is 34.0 Å². The quantitative estimate of drug-likeness (QED) is 0.183. The first-order chi connectivity index (χ1) is 16.8. The zero-order valence-corrected chi connectivity index (χ0v) is 21.3. The Hall–Kier alpha value is -3.85. The fraction of sp³-hybridized carbons (Fsp3) is 0.192. The van der Waals surface area contributed by atoms with Gasteiger partial charge in [-0.2, -0.15) is 5.10 Å². The van der Waals surface area contributed by atoms with E-state index in [4.69, 9.17) is 18.9 Å². The van der Waals surface area contributed by atoms with E-state index in [1.807, 2.05) is 19.1 Å². The van der Waals surface area contributed by atoms with Gasteiger partial charge in [-0.25, -0.2) is 10.2 Å². The van der Waals surface area contributed by atoms with E-state index in [0.29, 0.717) is 32.8 Å². The minimum absolute atomic E-state index is 0.110. The Bertz CT molecular complexity index is 1240. The summed E-state index contributed by atoms with van der Waals surface area (Å²) in [5.41, 5.74) is 5.33. The topological polar surface area (TPSA) is 95.5 Å². The van der Waals surface area contributed by atoms with Gasteiger partial charge in [-0.15, -0.1) is 0 Å². The zero-order valence-electron chi connectivity index (χ0n) is 19.8. The van der Waals surface area contributed by atoms with E-state index in [1.165, 1.54) is 20.4 Å². The number of hydrogen-bond acceptors (Lipinski definition) is 7. The van der Waals surface area contributed by atoms with Gasteiger partial charge in [-0.1, -0.05) is 23.8 Å². The second-order valence-electron chi connectivity index (χ2n) is 7.45. The Balaban J connectivity index is 1.66. The number of ether oxygens (including phenoxy) is 4. The van der Waals surface area contributed by atoms with E-state index in [9.17, 15) is 9.59 Å². The Morgan fingerprint density at radius 3 is 2.26 bits per heavy atom. The molecule has 0 bridgehead atoms. The zero-order chi connectivity index (χ0) is 25.4. The Labute approximate surface area is 212 Å². The van der Waals surface area contributed by atoms with E-state index in [-0.39, 0.29) is 18.1 Å². The molecule has 0 unspecified atom stereocenters. The van der Waals surface area contributed by atoms with Crippen molar-refractivity contribution in [1.29, 1.82) is 0 Å². The Morgan fingerprint density at radius 1 is 0.914 bits per heavy atom. The van der Waals surface area contributed by atoms with Crippen molar-refractivity contribution in [1.82, 2.24) is 5.43 Å². The maximum atomic E-state index is 12.5. The normalized spacial score (nSPS) is 10.7. The molecule has 0 aromatic heterocycles. The molecule has 9 heteroatoms. The van der Waals surface area contributed by atoms with Gasteiger partial charge in [0.05, 0.1) is 44.0 Å². The number of hydrogen-bond donors (Lipinski definition) is 1. The summed E-state index contributed by atoms with van der Waals surface area (Å²) in [5.74, 6) is 0.894. The first kappa shape index (κ1) is 25.8. The fourth-order valence-electron chi connectivity index (χ4n) is 3.15. The Kier molecular flexibility index (Phi) is 8.86. The van der Waals surface area contributed by atoms with Crippen LogP contribution in [0.2, 0.25) is 0 Å². The minimum Gasteiger partial charge on any atom is -0.493 e. The number of hydrazone groups is 1. The third-order valence-electron chi connectivity index (χ3n) is 4.95. The van der Waals surface area contributed by atoms with Crippen LogP contribution in [0.1, 0.15) is 27.0 Å². The first-order valence-corrected chi connectivity index (χ1v) is 11.3. The highest BCUT2D eigenvalue weighted by Crippen LogP contribution is 2.37. The summed E-state index contributed by atoms with van der Waals surface area (Å²) < 4.78 is 21.9. The molecule has 35 heavy (non-hydrogen) atoms. The average molecular weight is 541 g/mol. The van der Waals surface area contributed by atoms with E-state index in [0.717, 1.165) is 11.1 Å². The third-order valence-corrected chi connectivity index (χ3v) is 5.54. The molecule has 1 amide bonds. The molecule has 3 aromatic rings. The van der Waals surface area contributed by atoms with Crippen molar-refractivity contribution in [3.8, 4) is 23.0 Å². The predicted octanol–water partition coefficient (Wildman–Crippen LogP) is 4.70. The molecule has 8 nitrogen and oxygen atoms in total. The maximum absolute atomic E-state index is 12.5. The number of rotatable bonds is 9. The molecule has 0 heterocycles. The van der Waals surface area contributed by atoms with Gasteiger partial charge in [0.15, 0.2) is 23.0 Å². The highest BCUT2D eigenvalue weighted by molar-refractivity contribution is 9.10. The van der Waals surface area contributed by atoms with Gasteiger partial charge < -0.3 is 18.9 Å². The SMILES string of the molecule is COc1ccc(CC(=O)N/N=C\c2cc(Br)c(OC(=O)c3ccc(C)cc3)c(OC)c2)cc1OC. The van der Waals surface area contributed by atoms with Gasteiger partial charge >= 0.3 is 5.97 Å². The molecular weight excluding hydrogens is 516 g/mol. The molecular formula is C26H25BrN2O6. The van der Waals surface area contributed by atoms with Crippen molar-refractivity contribution in [3.63, 3.8) is 0 Å². The lowest BCUT2D eigenvalue weighted by molar-refractivity contribution is -0.120. The molecule has 0 aliphatic rings.